The largest absolute Gasteiger partial charge is 0.622 e. The third-order valence-corrected chi connectivity index (χ3v) is 8.80. The Kier molecular flexibility index (Phi) is 7.08. The van der Waals surface area contributed by atoms with Crippen LogP contribution in [0.1, 0.15) is 40.0 Å². The first-order valence-electron chi connectivity index (χ1n) is 5.74. The van der Waals surface area contributed by atoms with Crippen LogP contribution in [0.4, 0.5) is 0 Å². The van der Waals surface area contributed by atoms with Crippen LogP contribution >= 0.6 is 0 Å². The van der Waals surface area contributed by atoms with Crippen molar-refractivity contribution in [2.45, 2.75) is 58.2 Å². The van der Waals surface area contributed by atoms with Gasteiger partial charge in [0.25, 0.3) is 0 Å². The zero-order chi connectivity index (χ0) is 11.0. The van der Waals surface area contributed by atoms with E-state index in [1.165, 1.54) is 0 Å². The summed E-state index contributed by atoms with van der Waals surface area (Å²) >= 11 is 0. The molecule has 0 spiro atoms. The molecule has 14 heavy (non-hydrogen) atoms. The summed E-state index contributed by atoms with van der Waals surface area (Å²) in [4.78, 5) is 0. The second kappa shape index (κ2) is 7.17. The van der Waals surface area contributed by atoms with Crippen LogP contribution in [0.5, 0.6) is 0 Å². The lowest BCUT2D eigenvalue weighted by Gasteiger charge is -2.25. The van der Waals surface area contributed by atoms with E-state index in [1.807, 2.05) is 0 Å². The number of rotatable bonds is 7. The molecular weight excluding hydrogens is 208 g/mol. The zero-order valence-electron chi connectivity index (χ0n) is 10.0. The Morgan fingerprint density at radius 1 is 1.07 bits per heavy atom. The Labute approximate surface area is 91.8 Å². The Morgan fingerprint density at radius 3 is 1.64 bits per heavy atom. The molecule has 0 rings (SSSR count). The Hall–Kier alpha value is -0.166. The molecule has 0 aliphatic rings. The van der Waals surface area contributed by atoms with Crippen molar-refractivity contribution in [3.63, 3.8) is 0 Å². The lowest BCUT2D eigenvalue weighted by Crippen LogP contribution is -2.43. The maximum atomic E-state index is 11.9. The van der Waals surface area contributed by atoms with Gasteiger partial charge in [-0.05, 0) is 0 Å². The third kappa shape index (κ3) is 3.53. The van der Waals surface area contributed by atoms with Crippen molar-refractivity contribution in [1.29, 1.82) is 0 Å². The molecule has 0 aromatic heterocycles. The highest BCUT2D eigenvalue weighted by Crippen LogP contribution is 2.26. The van der Waals surface area contributed by atoms with Gasteiger partial charge in [0.05, 0.1) is 0 Å². The number of hydrogen-bond donors (Lipinski definition) is 0. The summed E-state index contributed by atoms with van der Waals surface area (Å²) in [5.41, 5.74) is 0. The van der Waals surface area contributed by atoms with Gasteiger partial charge in [0.1, 0.15) is 0 Å². The van der Waals surface area contributed by atoms with Gasteiger partial charge in [0, 0.05) is 18.1 Å². The summed E-state index contributed by atoms with van der Waals surface area (Å²) in [6, 6.07) is 3.34. The molecular formula is C9H24N2OSi2. The van der Waals surface area contributed by atoms with Gasteiger partial charge in [0.2, 0.25) is 10.4 Å². The molecule has 5 heteroatoms. The Morgan fingerprint density at radius 2 is 1.43 bits per heavy atom. The lowest BCUT2D eigenvalue weighted by molar-refractivity contribution is -0.392. The van der Waals surface area contributed by atoms with Gasteiger partial charge >= 0.3 is 8.24 Å². The van der Waals surface area contributed by atoms with Gasteiger partial charge in [-0.15, -0.1) is 4.78 Å². The molecule has 3 nitrogen and oxygen atoms in total. The summed E-state index contributed by atoms with van der Waals surface area (Å²) in [6.07, 6.45) is 3.38. The average Bonchev–Trinajstić information content (AvgIpc) is 2.17. The molecule has 0 saturated carbocycles. The minimum absolute atomic E-state index is 0.648. The quantitative estimate of drug-likeness (QED) is 0.377. The number of nitrogens with zero attached hydrogens (tertiary/aromatic N) is 2. The van der Waals surface area contributed by atoms with Crippen molar-refractivity contribution in [1.82, 2.24) is 0 Å². The van der Waals surface area contributed by atoms with E-state index in [4.69, 9.17) is 0 Å². The van der Waals surface area contributed by atoms with E-state index < -0.39 is 8.24 Å². The third-order valence-electron chi connectivity index (χ3n) is 2.73. The fraction of sp³-hybridized carbons (Fsp3) is 1.00. The zero-order valence-corrected chi connectivity index (χ0v) is 13.0. The van der Waals surface area contributed by atoms with Crippen LogP contribution in [0, 0.1) is 5.21 Å². The normalized spacial score (nSPS) is 13.5. The van der Waals surface area contributed by atoms with E-state index in [9.17, 15) is 5.21 Å². The highest BCUT2D eigenvalue weighted by atomic mass is 28.3. The van der Waals surface area contributed by atoms with Crippen LogP contribution in [0.25, 0.3) is 0 Å². The van der Waals surface area contributed by atoms with Crippen molar-refractivity contribution in [2.75, 3.05) is 0 Å². The molecule has 0 amide bonds. The minimum atomic E-state index is -1.75. The van der Waals surface area contributed by atoms with Crippen LogP contribution in [0.15, 0.2) is 4.78 Å². The molecule has 0 atom stereocenters. The van der Waals surface area contributed by atoms with Gasteiger partial charge in [-0.1, -0.05) is 40.0 Å². The summed E-state index contributed by atoms with van der Waals surface area (Å²) in [5.74, 6) is 0. The van der Waals surface area contributed by atoms with Crippen LogP contribution < -0.4 is 0 Å². The van der Waals surface area contributed by atoms with E-state index in [0.717, 1.165) is 41.9 Å². The van der Waals surface area contributed by atoms with Crippen molar-refractivity contribution in [2.24, 2.45) is 4.78 Å². The number of hydrogen-bond acceptors (Lipinski definition) is 2. The molecule has 0 aliphatic heterocycles. The highest BCUT2D eigenvalue weighted by molar-refractivity contribution is 6.72. The predicted octanol–water partition coefficient (Wildman–Crippen LogP) is 2.40. The molecule has 84 valence electrons. The summed E-state index contributed by atoms with van der Waals surface area (Å²) in [6.45, 7) is 6.52. The Bertz CT molecular complexity index is 169. The van der Waals surface area contributed by atoms with E-state index >= 15 is 0 Å². The maximum absolute atomic E-state index is 11.9. The molecule has 0 aliphatic carbocycles. The van der Waals surface area contributed by atoms with Crippen molar-refractivity contribution < 1.29 is 4.53 Å². The van der Waals surface area contributed by atoms with Gasteiger partial charge in [-0.3, -0.25) is 0 Å². The SMILES string of the molecule is CCC[Si](CCC)(CCC)[N+]([O-])=N[SiH3]. The summed E-state index contributed by atoms with van der Waals surface area (Å²) < 4.78 is 5.14. The van der Waals surface area contributed by atoms with Crippen LogP contribution in [-0.2, 0) is 0 Å². The first kappa shape index (κ1) is 13.8. The fourth-order valence-corrected chi connectivity index (χ4v) is 8.08. The summed E-state index contributed by atoms with van der Waals surface area (Å²) in [5, 5.41) is 11.9. The first-order chi connectivity index (χ1) is 6.66. The molecule has 0 N–H and O–H groups in total. The molecule has 0 saturated heterocycles. The molecule has 0 aromatic rings. The highest BCUT2D eigenvalue weighted by Gasteiger charge is 2.43. The van der Waals surface area contributed by atoms with Crippen LogP contribution in [-0.4, -0.2) is 23.2 Å². The van der Waals surface area contributed by atoms with Crippen LogP contribution in [0.3, 0.4) is 0 Å². The van der Waals surface area contributed by atoms with Gasteiger partial charge < -0.3 is 5.21 Å². The second-order valence-corrected chi connectivity index (χ2v) is 8.68. The van der Waals surface area contributed by atoms with Gasteiger partial charge in [-0.25, -0.2) is 0 Å². The molecule has 0 heterocycles. The van der Waals surface area contributed by atoms with E-state index in [0.29, 0.717) is 10.4 Å². The average molecular weight is 232 g/mol. The smallest absolute Gasteiger partial charge is 0.396 e. The molecule has 0 fully saturated rings. The van der Waals surface area contributed by atoms with Gasteiger partial charge in [0.15, 0.2) is 0 Å². The molecule has 0 radical (unpaired) electrons. The van der Waals surface area contributed by atoms with Crippen molar-refractivity contribution >= 4 is 18.6 Å². The van der Waals surface area contributed by atoms with Crippen molar-refractivity contribution in [3.05, 3.63) is 5.21 Å². The topological polar surface area (TPSA) is 38.4 Å². The predicted molar refractivity (Wildman–Crippen MR) is 67.0 cm³/mol. The molecule has 0 aromatic carbocycles. The van der Waals surface area contributed by atoms with E-state index in [-0.39, 0.29) is 0 Å². The van der Waals surface area contributed by atoms with Crippen molar-refractivity contribution in [3.8, 4) is 0 Å². The standard InChI is InChI=1S/C9H24N2OSi2/c1-4-7-14(8-5-2,9-6-3)11(12)10-13/h4-9H2,1-3,13H3. The first-order valence-corrected chi connectivity index (χ1v) is 9.20. The van der Waals surface area contributed by atoms with E-state index in [2.05, 4.69) is 25.6 Å². The lowest BCUT2D eigenvalue weighted by atomic mass is 10.6. The van der Waals surface area contributed by atoms with Crippen LogP contribution in [0.2, 0.25) is 18.1 Å². The Balaban J connectivity index is 4.72. The maximum Gasteiger partial charge on any atom is 0.396 e. The molecule has 0 unspecified atom stereocenters. The molecule has 0 bridgehead atoms. The monoisotopic (exact) mass is 232 g/mol. The second-order valence-electron chi connectivity index (χ2n) is 3.95. The summed E-state index contributed by atoms with van der Waals surface area (Å²) in [7, 11) is -1.10. The van der Waals surface area contributed by atoms with E-state index in [1.54, 1.807) is 0 Å². The minimum Gasteiger partial charge on any atom is -0.622 e. The fourth-order valence-electron chi connectivity index (χ4n) is 2.27. The van der Waals surface area contributed by atoms with Gasteiger partial charge in [-0.2, -0.15) is 4.53 Å².